The van der Waals surface area contributed by atoms with Crippen LogP contribution in [0.4, 0.5) is 0 Å². The van der Waals surface area contributed by atoms with E-state index in [9.17, 15) is 14.7 Å². The van der Waals surface area contributed by atoms with E-state index >= 15 is 0 Å². The van der Waals surface area contributed by atoms with Crippen LogP contribution in [0.2, 0.25) is 0 Å². The summed E-state index contributed by atoms with van der Waals surface area (Å²) >= 11 is 0. The van der Waals surface area contributed by atoms with Crippen LogP contribution >= 0.6 is 0 Å². The standard InChI is InChI=1S/C39H43NO7/c41-37-22-21-36(29-33(37)12-11-30-23-25-40-26-24-30)47-39(44)32-15-19-35(20-16-32)46-28-10-8-6-4-2-1-3-5-7-9-27-45-34-17-13-31(14-18-34)38(42)43/h11-26,29,41H,1-10,27-28H2,(H,42,43)/b12-11+. The van der Waals surface area contributed by atoms with Crippen molar-refractivity contribution in [3.05, 3.63) is 114 Å². The van der Waals surface area contributed by atoms with E-state index in [1.807, 2.05) is 18.2 Å². The summed E-state index contributed by atoms with van der Waals surface area (Å²) in [6, 6.07) is 21.9. The molecule has 4 rings (SSSR count). The second-order valence-corrected chi connectivity index (χ2v) is 11.3. The van der Waals surface area contributed by atoms with E-state index in [1.54, 1.807) is 79.1 Å². The zero-order valence-electron chi connectivity index (χ0n) is 26.7. The third kappa shape index (κ3) is 12.7. The van der Waals surface area contributed by atoms with E-state index in [-0.39, 0.29) is 11.3 Å². The highest BCUT2D eigenvalue weighted by molar-refractivity contribution is 5.91. The number of hydrogen-bond donors (Lipinski definition) is 2. The van der Waals surface area contributed by atoms with Crippen molar-refractivity contribution in [2.24, 2.45) is 0 Å². The summed E-state index contributed by atoms with van der Waals surface area (Å²) in [4.78, 5) is 27.6. The largest absolute Gasteiger partial charge is 0.507 e. The summed E-state index contributed by atoms with van der Waals surface area (Å²) in [5.74, 6) is 0.450. The number of carboxylic acid groups (broad SMARTS) is 1. The van der Waals surface area contributed by atoms with Crippen LogP contribution in [-0.4, -0.2) is 40.3 Å². The Morgan fingerprint density at radius 3 is 1.62 bits per heavy atom. The second kappa shape index (κ2) is 19.4. The number of carbonyl (C=O) groups is 2. The molecule has 1 aromatic heterocycles. The molecule has 0 atom stereocenters. The summed E-state index contributed by atoms with van der Waals surface area (Å²) in [7, 11) is 0. The molecule has 3 aromatic carbocycles. The molecule has 1 heterocycles. The van der Waals surface area contributed by atoms with Crippen molar-refractivity contribution < 1.29 is 34.0 Å². The van der Waals surface area contributed by atoms with Crippen LogP contribution in [0, 0.1) is 0 Å². The number of rotatable bonds is 20. The molecular weight excluding hydrogens is 594 g/mol. The maximum Gasteiger partial charge on any atom is 0.343 e. The second-order valence-electron chi connectivity index (χ2n) is 11.3. The third-order valence-corrected chi connectivity index (χ3v) is 7.64. The Balaban J connectivity index is 1.01. The molecule has 0 fully saturated rings. The topological polar surface area (TPSA) is 115 Å². The highest BCUT2D eigenvalue weighted by Crippen LogP contribution is 2.26. The van der Waals surface area contributed by atoms with Gasteiger partial charge in [-0.25, -0.2) is 9.59 Å². The van der Waals surface area contributed by atoms with E-state index < -0.39 is 11.9 Å². The number of hydrogen-bond acceptors (Lipinski definition) is 7. The lowest BCUT2D eigenvalue weighted by atomic mass is 10.1. The molecule has 2 N–H and O–H groups in total. The van der Waals surface area contributed by atoms with Gasteiger partial charge in [-0.05, 0) is 97.3 Å². The van der Waals surface area contributed by atoms with Crippen molar-refractivity contribution in [3.8, 4) is 23.0 Å². The van der Waals surface area contributed by atoms with Gasteiger partial charge in [-0.1, -0.05) is 63.5 Å². The minimum atomic E-state index is -0.929. The van der Waals surface area contributed by atoms with Gasteiger partial charge < -0.3 is 24.4 Å². The Kier molecular flexibility index (Phi) is 14.4. The summed E-state index contributed by atoms with van der Waals surface area (Å²) in [6.45, 7) is 1.29. The van der Waals surface area contributed by atoms with E-state index in [2.05, 4.69) is 4.98 Å². The van der Waals surface area contributed by atoms with Gasteiger partial charge in [0.05, 0.1) is 24.3 Å². The molecular formula is C39H43NO7. The molecule has 4 aromatic rings. The smallest absolute Gasteiger partial charge is 0.343 e. The van der Waals surface area contributed by atoms with Gasteiger partial charge in [0.25, 0.3) is 0 Å². The zero-order valence-corrected chi connectivity index (χ0v) is 26.7. The summed E-state index contributed by atoms with van der Waals surface area (Å²) < 4.78 is 17.1. The van der Waals surface area contributed by atoms with Crippen molar-refractivity contribution in [3.63, 3.8) is 0 Å². The Morgan fingerprint density at radius 1 is 0.596 bits per heavy atom. The molecule has 8 nitrogen and oxygen atoms in total. The Morgan fingerprint density at radius 2 is 1.09 bits per heavy atom. The molecule has 0 saturated carbocycles. The highest BCUT2D eigenvalue weighted by atomic mass is 16.5. The molecule has 0 unspecified atom stereocenters. The molecule has 8 heteroatoms. The minimum absolute atomic E-state index is 0.0907. The zero-order chi connectivity index (χ0) is 33.1. The number of esters is 1. The number of ether oxygens (including phenoxy) is 3. The predicted molar refractivity (Wildman–Crippen MR) is 183 cm³/mol. The third-order valence-electron chi connectivity index (χ3n) is 7.64. The summed E-state index contributed by atoms with van der Waals surface area (Å²) in [6.07, 6.45) is 18.6. The number of nitrogens with zero attached hydrogens (tertiary/aromatic N) is 1. The Hall–Kier alpha value is -5.11. The van der Waals surface area contributed by atoms with Gasteiger partial charge in [-0.3, -0.25) is 4.98 Å². The van der Waals surface area contributed by atoms with Gasteiger partial charge in [-0.15, -0.1) is 0 Å². The molecule has 47 heavy (non-hydrogen) atoms. The molecule has 0 saturated heterocycles. The number of unbranched alkanes of at least 4 members (excludes halogenated alkanes) is 9. The molecule has 0 amide bonds. The number of benzene rings is 3. The first kappa shape index (κ1) is 34.8. The van der Waals surface area contributed by atoms with Crippen LogP contribution in [0.25, 0.3) is 12.2 Å². The first-order valence-corrected chi connectivity index (χ1v) is 16.3. The fraction of sp³-hybridized carbons (Fsp3) is 0.308. The molecule has 0 aliphatic heterocycles. The van der Waals surface area contributed by atoms with Crippen LogP contribution in [0.1, 0.15) is 96.1 Å². The molecule has 0 aliphatic carbocycles. The maximum atomic E-state index is 12.7. The number of aromatic carboxylic acids is 1. The number of carbonyl (C=O) groups excluding carboxylic acids is 1. The predicted octanol–water partition coefficient (Wildman–Crippen LogP) is 9.23. The molecule has 0 radical (unpaired) electrons. The lowest BCUT2D eigenvalue weighted by Crippen LogP contribution is -2.08. The molecule has 0 aliphatic rings. The van der Waals surface area contributed by atoms with Crippen LogP contribution in [0.5, 0.6) is 23.0 Å². The first-order valence-electron chi connectivity index (χ1n) is 16.3. The fourth-order valence-electron chi connectivity index (χ4n) is 4.94. The van der Waals surface area contributed by atoms with Gasteiger partial charge in [0.2, 0.25) is 0 Å². The average Bonchev–Trinajstić information content (AvgIpc) is 3.09. The maximum absolute atomic E-state index is 12.7. The monoisotopic (exact) mass is 637 g/mol. The summed E-state index contributed by atoms with van der Waals surface area (Å²) in [5, 5.41) is 19.1. The Bertz CT molecular complexity index is 1550. The van der Waals surface area contributed by atoms with Gasteiger partial charge in [0.15, 0.2) is 0 Å². The normalized spacial score (nSPS) is 11.0. The molecule has 246 valence electrons. The Labute approximate surface area is 276 Å². The van der Waals surface area contributed by atoms with E-state index in [0.717, 1.165) is 37.0 Å². The molecule has 0 bridgehead atoms. The number of phenols is 1. The van der Waals surface area contributed by atoms with Gasteiger partial charge in [0.1, 0.15) is 23.0 Å². The van der Waals surface area contributed by atoms with Crippen LogP contribution in [-0.2, 0) is 0 Å². The lowest BCUT2D eigenvalue weighted by molar-refractivity contribution is 0.0694. The van der Waals surface area contributed by atoms with Gasteiger partial charge in [0, 0.05) is 18.0 Å². The first-order chi connectivity index (χ1) is 23.0. The van der Waals surface area contributed by atoms with E-state index in [4.69, 9.17) is 19.3 Å². The van der Waals surface area contributed by atoms with Crippen LogP contribution in [0.3, 0.4) is 0 Å². The van der Waals surface area contributed by atoms with Crippen molar-refractivity contribution in [1.29, 1.82) is 0 Å². The average molecular weight is 638 g/mol. The fourth-order valence-corrected chi connectivity index (χ4v) is 4.94. The van der Waals surface area contributed by atoms with E-state index in [0.29, 0.717) is 35.8 Å². The quantitative estimate of drug-likeness (QED) is 0.0560. The van der Waals surface area contributed by atoms with Crippen LogP contribution < -0.4 is 14.2 Å². The number of carboxylic acids is 1. The molecule has 0 spiro atoms. The van der Waals surface area contributed by atoms with E-state index in [1.165, 1.54) is 44.6 Å². The van der Waals surface area contributed by atoms with Crippen molar-refractivity contribution in [1.82, 2.24) is 4.98 Å². The number of aromatic hydroxyl groups is 1. The number of pyridine rings is 1. The van der Waals surface area contributed by atoms with Crippen LogP contribution in [0.15, 0.2) is 91.3 Å². The van der Waals surface area contributed by atoms with Crippen molar-refractivity contribution in [2.45, 2.75) is 64.2 Å². The van der Waals surface area contributed by atoms with Gasteiger partial charge in [-0.2, -0.15) is 0 Å². The SMILES string of the molecule is O=C(O)c1ccc(OCCCCCCCCCCCCOc2ccc(C(=O)Oc3ccc(O)c(/C=C/c4ccncc4)c3)cc2)cc1. The van der Waals surface area contributed by atoms with Gasteiger partial charge >= 0.3 is 11.9 Å². The highest BCUT2D eigenvalue weighted by Gasteiger charge is 2.11. The number of aromatic nitrogens is 1. The summed E-state index contributed by atoms with van der Waals surface area (Å²) in [5.41, 5.74) is 2.16. The lowest BCUT2D eigenvalue weighted by Gasteiger charge is -2.09. The van der Waals surface area contributed by atoms with Crippen molar-refractivity contribution in [2.75, 3.05) is 13.2 Å². The minimum Gasteiger partial charge on any atom is -0.507 e. The number of phenolic OH excluding ortho intramolecular Hbond substituents is 1. The van der Waals surface area contributed by atoms with Crippen molar-refractivity contribution >= 4 is 24.1 Å².